The van der Waals surface area contributed by atoms with E-state index in [2.05, 4.69) is 15.4 Å². The Kier molecular flexibility index (Phi) is 6.71. The van der Waals surface area contributed by atoms with Crippen LogP contribution in [0.25, 0.3) is 0 Å². The maximum atomic E-state index is 12.7. The normalized spacial score (nSPS) is 24.0. The third-order valence-corrected chi connectivity index (χ3v) is 5.28. The van der Waals surface area contributed by atoms with Gasteiger partial charge in [0.05, 0.1) is 23.6 Å². The van der Waals surface area contributed by atoms with E-state index in [4.69, 9.17) is 11.6 Å². The number of carbonyl (C=O) groups is 4. The molecule has 29 heavy (non-hydrogen) atoms. The molecular weight excluding hydrogens is 402 g/mol. The maximum absolute atomic E-state index is 12.7. The van der Waals surface area contributed by atoms with Gasteiger partial charge in [0, 0.05) is 6.54 Å². The molecule has 3 N–H and O–H groups in total. The molecular formula is C19H22ClN3O6. The van der Waals surface area contributed by atoms with Crippen LogP contribution in [-0.4, -0.2) is 65.2 Å². The number of hydrogen-bond donors (Lipinski definition) is 3. The van der Waals surface area contributed by atoms with Gasteiger partial charge in [0.1, 0.15) is 12.1 Å². The highest BCUT2D eigenvalue weighted by atomic mass is 35.5. The smallest absolute Gasteiger partial charge is 0.310 e. The first-order chi connectivity index (χ1) is 13.9. The second kappa shape index (κ2) is 9.23. The Morgan fingerprint density at radius 1 is 1.24 bits per heavy atom. The average Bonchev–Trinajstić information content (AvgIpc) is 3.02. The molecule has 3 rings (SSSR count). The topological polar surface area (TPSA) is 125 Å². The second-order valence-electron chi connectivity index (χ2n) is 6.96. The number of benzene rings is 1. The zero-order valence-electron chi connectivity index (χ0n) is 15.6. The molecule has 2 heterocycles. The molecule has 9 nitrogen and oxygen atoms in total. The monoisotopic (exact) mass is 423 g/mol. The van der Waals surface area contributed by atoms with Crippen molar-refractivity contribution < 1.29 is 29.0 Å². The molecule has 0 aliphatic carbocycles. The van der Waals surface area contributed by atoms with Crippen LogP contribution >= 0.6 is 11.6 Å². The van der Waals surface area contributed by atoms with Crippen LogP contribution in [0.5, 0.6) is 0 Å². The van der Waals surface area contributed by atoms with E-state index in [1.165, 1.54) is 4.90 Å². The molecule has 3 amide bonds. The zero-order chi connectivity index (χ0) is 21.0. The van der Waals surface area contributed by atoms with Gasteiger partial charge in [0.2, 0.25) is 18.1 Å². The summed E-state index contributed by atoms with van der Waals surface area (Å²) in [5.41, 5.74) is 0.259. The Morgan fingerprint density at radius 3 is 2.69 bits per heavy atom. The van der Waals surface area contributed by atoms with Gasteiger partial charge in [0.25, 0.3) is 5.91 Å². The number of rotatable bonds is 5. The molecule has 2 aliphatic heterocycles. The summed E-state index contributed by atoms with van der Waals surface area (Å²) in [6.45, 7) is 0.100. The average molecular weight is 424 g/mol. The first-order valence-corrected chi connectivity index (χ1v) is 9.74. The maximum Gasteiger partial charge on any atom is 0.310 e. The third-order valence-electron chi connectivity index (χ3n) is 4.96. The van der Waals surface area contributed by atoms with Crippen molar-refractivity contribution >= 4 is 35.3 Å². The number of cyclic esters (lactones) is 1. The summed E-state index contributed by atoms with van der Waals surface area (Å²) >= 11 is 5.99. The predicted molar refractivity (Wildman–Crippen MR) is 102 cm³/mol. The van der Waals surface area contributed by atoms with E-state index in [0.29, 0.717) is 13.0 Å². The lowest BCUT2D eigenvalue weighted by molar-refractivity contribution is -0.155. The van der Waals surface area contributed by atoms with Crippen LogP contribution in [0.1, 0.15) is 36.0 Å². The van der Waals surface area contributed by atoms with Gasteiger partial charge < -0.3 is 25.4 Å². The zero-order valence-corrected chi connectivity index (χ0v) is 16.4. The molecule has 0 saturated carbocycles. The van der Waals surface area contributed by atoms with Crippen LogP contribution in [0, 0.1) is 0 Å². The lowest BCUT2D eigenvalue weighted by Crippen LogP contribution is -2.56. The van der Waals surface area contributed by atoms with E-state index in [0.717, 1.165) is 12.8 Å². The van der Waals surface area contributed by atoms with E-state index >= 15 is 0 Å². The summed E-state index contributed by atoms with van der Waals surface area (Å²) in [5.74, 6) is -1.93. The molecule has 0 spiro atoms. The Bertz CT molecular complexity index is 817. The molecule has 3 atom stereocenters. The fourth-order valence-electron chi connectivity index (χ4n) is 3.45. The Hall–Kier alpha value is -2.65. The Balaban J connectivity index is 1.59. The summed E-state index contributed by atoms with van der Waals surface area (Å²) < 4.78 is 4.62. The first-order valence-electron chi connectivity index (χ1n) is 9.37. The number of esters is 1. The minimum Gasteiger partial charge on any atom is -0.434 e. The summed E-state index contributed by atoms with van der Waals surface area (Å²) in [4.78, 5) is 50.2. The van der Waals surface area contributed by atoms with Gasteiger partial charge in [-0.2, -0.15) is 0 Å². The molecule has 2 fully saturated rings. The van der Waals surface area contributed by atoms with Crippen molar-refractivity contribution in [2.75, 3.05) is 13.1 Å². The van der Waals surface area contributed by atoms with Gasteiger partial charge >= 0.3 is 5.97 Å². The molecule has 10 heteroatoms. The van der Waals surface area contributed by atoms with Gasteiger partial charge in [-0.25, -0.2) is 0 Å². The van der Waals surface area contributed by atoms with Crippen LogP contribution in [-0.2, 0) is 19.1 Å². The van der Waals surface area contributed by atoms with Crippen molar-refractivity contribution in [3.8, 4) is 0 Å². The van der Waals surface area contributed by atoms with E-state index in [-0.39, 0.29) is 23.6 Å². The standard InChI is InChI=1S/C19H22ClN3O6/c20-12-6-2-1-5-11(12)17(26)21-10-15(24)23-8-4-3-7-14(23)18(27)22-13-9-16(25)29-19(13)28/h1-2,5-6,13-14,19,28H,3-4,7-10H2,(H,21,26)(H,22,27)/t13-,14-,19+/m0/s1. The fraction of sp³-hybridized carbons (Fsp3) is 0.474. The lowest BCUT2D eigenvalue weighted by atomic mass is 10.0. The van der Waals surface area contributed by atoms with Gasteiger partial charge in [-0.05, 0) is 31.4 Å². The van der Waals surface area contributed by atoms with Crippen LogP contribution in [0.15, 0.2) is 24.3 Å². The summed E-state index contributed by atoms with van der Waals surface area (Å²) in [5, 5.41) is 15.0. The van der Waals surface area contributed by atoms with Crippen LogP contribution < -0.4 is 10.6 Å². The summed E-state index contributed by atoms with van der Waals surface area (Å²) in [7, 11) is 0. The van der Waals surface area contributed by atoms with Crippen molar-refractivity contribution in [3.63, 3.8) is 0 Å². The van der Waals surface area contributed by atoms with Crippen LogP contribution in [0.2, 0.25) is 5.02 Å². The van der Waals surface area contributed by atoms with Crippen molar-refractivity contribution in [3.05, 3.63) is 34.9 Å². The van der Waals surface area contributed by atoms with E-state index < -0.39 is 42.1 Å². The quantitative estimate of drug-likeness (QED) is 0.581. The predicted octanol–water partition coefficient (Wildman–Crippen LogP) is 0.201. The number of likely N-dealkylation sites (tertiary alicyclic amines) is 1. The van der Waals surface area contributed by atoms with Gasteiger partial charge in [0.15, 0.2) is 0 Å². The number of halogens is 1. The van der Waals surface area contributed by atoms with E-state index in [1.54, 1.807) is 24.3 Å². The number of aliphatic hydroxyl groups is 1. The minimum atomic E-state index is -1.39. The van der Waals surface area contributed by atoms with Gasteiger partial charge in [-0.15, -0.1) is 0 Å². The second-order valence-corrected chi connectivity index (χ2v) is 7.37. The fourth-order valence-corrected chi connectivity index (χ4v) is 3.67. The molecule has 2 aliphatic rings. The van der Waals surface area contributed by atoms with Crippen LogP contribution in [0.3, 0.4) is 0 Å². The number of hydrogen-bond acceptors (Lipinski definition) is 6. The van der Waals surface area contributed by atoms with Crippen LogP contribution in [0.4, 0.5) is 0 Å². The van der Waals surface area contributed by atoms with E-state index in [1.807, 2.05) is 0 Å². The van der Waals surface area contributed by atoms with Crippen molar-refractivity contribution in [2.45, 2.75) is 44.1 Å². The first kappa shape index (κ1) is 21.1. The van der Waals surface area contributed by atoms with Gasteiger partial charge in [-0.1, -0.05) is 23.7 Å². The Labute approximate surface area is 172 Å². The van der Waals surface area contributed by atoms with Crippen molar-refractivity contribution in [2.24, 2.45) is 0 Å². The molecule has 156 valence electrons. The number of nitrogens with one attached hydrogen (secondary N) is 2. The SMILES string of the molecule is O=C1C[C@H](NC(=O)[C@@H]2CCCCN2C(=O)CNC(=O)c2ccccc2Cl)[C@H](O)O1. The largest absolute Gasteiger partial charge is 0.434 e. The number of aliphatic hydroxyl groups excluding tert-OH is 1. The molecule has 1 aromatic rings. The molecule has 1 aromatic carbocycles. The molecule has 0 unspecified atom stereocenters. The number of piperidine rings is 1. The molecule has 0 radical (unpaired) electrons. The lowest BCUT2D eigenvalue weighted by Gasteiger charge is -2.35. The number of carbonyl (C=O) groups excluding carboxylic acids is 4. The van der Waals surface area contributed by atoms with Crippen molar-refractivity contribution in [1.29, 1.82) is 0 Å². The highest BCUT2D eigenvalue weighted by Crippen LogP contribution is 2.20. The number of amides is 3. The molecule has 0 aromatic heterocycles. The summed E-state index contributed by atoms with van der Waals surface area (Å²) in [6.07, 6.45) is 0.432. The number of nitrogens with zero attached hydrogens (tertiary/aromatic N) is 1. The van der Waals surface area contributed by atoms with Gasteiger partial charge in [-0.3, -0.25) is 19.2 Å². The third kappa shape index (κ3) is 5.04. The number of ether oxygens (including phenoxy) is 1. The molecule has 2 saturated heterocycles. The van der Waals surface area contributed by atoms with Crippen molar-refractivity contribution in [1.82, 2.24) is 15.5 Å². The van der Waals surface area contributed by atoms with E-state index in [9.17, 15) is 24.3 Å². The molecule has 0 bridgehead atoms. The highest BCUT2D eigenvalue weighted by Gasteiger charge is 2.38. The Morgan fingerprint density at radius 2 is 2.00 bits per heavy atom. The summed E-state index contributed by atoms with van der Waals surface area (Å²) in [6, 6.07) is 4.91. The minimum absolute atomic E-state index is 0.124. The highest BCUT2D eigenvalue weighted by molar-refractivity contribution is 6.33.